The number of hydrogen-bond donors (Lipinski definition) is 1. The Kier molecular flexibility index (Phi) is 2.09. The third-order valence-electron chi connectivity index (χ3n) is 4.20. The maximum atomic E-state index is 11.5. The van der Waals surface area contributed by atoms with Crippen LogP contribution < -0.4 is 0 Å². The van der Waals surface area contributed by atoms with Crippen LogP contribution in [0.1, 0.15) is 32.6 Å². The number of hydrogen-bond acceptors (Lipinski definition) is 3. The molecule has 1 heterocycles. The third-order valence-corrected chi connectivity index (χ3v) is 4.20. The molecule has 0 aromatic carbocycles. The van der Waals surface area contributed by atoms with E-state index >= 15 is 0 Å². The Labute approximate surface area is 94.8 Å². The molecule has 0 saturated carbocycles. The summed E-state index contributed by atoms with van der Waals surface area (Å²) in [4.78, 5) is 11.5. The van der Waals surface area contributed by atoms with Crippen molar-refractivity contribution >= 4 is 5.97 Å². The molecule has 1 aliphatic heterocycles. The highest BCUT2D eigenvalue weighted by atomic mass is 16.6. The van der Waals surface area contributed by atoms with E-state index in [1.165, 1.54) is 24.0 Å². The number of aliphatic hydroxyl groups is 1. The van der Waals surface area contributed by atoms with Crippen molar-refractivity contribution in [2.24, 2.45) is 11.8 Å². The Balaban J connectivity index is 1.98. The molecule has 3 heteroatoms. The smallest absolute Gasteiger partial charge is 0.338 e. The number of fused-ring (bicyclic) bond motifs is 2. The first-order valence-electron chi connectivity index (χ1n) is 5.99. The van der Waals surface area contributed by atoms with E-state index in [2.05, 4.69) is 6.92 Å². The molecule has 1 N–H and O–H groups in total. The summed E-state index contributed by atoms with van der Waals surface area (Å²) in [5.41, 5.74) is 3.29. The lowest BCUT2D eigenvalue weighted by Gasteiger charge is -2.24. The normalized spacial score (nSPS) is 39.9. The van der Waals surface area contributed by atoms with Crippen molar-refractivity contribution in [3.8, 4) is 0 Å². The fourth-order valence-corrected chi connectivity index (χ4v) is 3.46. The first-order valence-corrected chi connectivity index (χ1v) is 5.99. The lowest BCUT2D eigenvalue weighted by atomic mass is 9.84. The largest absolute Gasteiger partial charge is 0.515 e. The van der Waals surface area contributed by atoms with E-state index in [0.717, 1.165) is 19.1 Å². The van der Waals surface area contributed by atoms with Gasteiger partial charge in [-0.25, -0.2) is 4.79 Å². The van der Waals surface area contributed by atoms with Crippen LogP contribution in [0.3, 0.4) is 0 Å². The SMILES string of the molecule is C[C@H]1CCCC2=C1[C@H]1OC(=O)/C(=C/O)[C@H]1C2. The molecule has 86 valence electrons. The highest BCUT2D eigenvalue weighted by Gasteiger charge is 2.49. The molecular weight excluding hydrogens is 204 g/mol. The van der Waals surface area contributed by atoms with Crippen LogP contribution >= 0.6 is 0 Å². The minimum atomic E-state index is -0.332. The van der Waals surface area contributed by atoms with Gasteiger partial charge in [0.2, 0.25) is 0 Å². The zero-order valence-corrected chi connectivity index (χ0v) is 9.40. The number of carbonyl (C=O) groups is 1. The summed E-state index contributed by atoms with van der Waals surface area (Å²) in [5.74, 6) is 0.287. The predicted molar refractivity (Wildman–Crippen MR) is 58.7 cm³/mol. The Hall–Kier alpha value is -1.25. The monoisotopic (exact) mass is 220 g/mol. The van der Waals surface area contributed by atoms with Crippen LogP contribution in [-0.4, -0.2) is 17.2 Å². The van der Waals surface area contributed by atoms with Crippen LogP contribution in [-0.2, 0) is 9.53 Å². The van der Waals surface area contributed by atoms with Gasteiger partial charge in [-0.2, -0.15) is 0 Å². The van der Waals surface area contributed by atoms with Crippen LogP contribution in [0.15, 0.2) is 23.0 Å². The first-order chi connectivity index (χ1) is 7.72. The van der Waals surface area contributed by atoms with Gasteiger partial charge in [0.05, 0.1) is 11.8 Å². The molecule has 1 fully saturated rings. The highest BCUT2D eigenvalue weighted by molar-refractivity contribution is 5.92. The van der Waals surface area contributed by atoms with Crippen molar-refractivity contribution in [3.05, 3.63) is 23.0 Å². The summed E-state index contributed by atoms with van der Waals surface area (Å²) in [6.07, 6.45) is 5.35. The van der Waals surface area contributed by atoms with Crippen molar-refractivity contribution in [1.82, 2.24) is 0 Å². The second kappa shape index (κ2) is 3.37. The van der Waals surface area contributed by atoms with Gasteiger partial charge in [0, 0.05) is 5.92 Å². The van der Waals surface area contributed by atoms with Gasteiger partial charge in [0.25, 0.3) is 0 Å². The number of ether oxygens (including phenoxy) is 1. The molecular formula is C13H16O3. The second-order valence-electron chi connectivity index (χ2n) is 5.07. The van der Waals surface area contributed by atoms with Gasteiger partial charge >= 0.3 is 5.97 Å². The molecule has 3 atom stereocenters. The van der Waals surface area contributed by atoms with Gasteiger partial charge in [0.1, 0.15) is 6.10 Å². The van der Waals surface area contributed by atoms with Gasteiger partial charge in [0.15, 0.2) is 0 Å². The van der Waals surface area contributed by atoms with Crippen molar-refractivity contribution in [3.63, 3.8) is 0 Å². The van der Waals surface area contributed by atoms with E-state index in [9.17, 15) is 4.79 Å². The Morgan fingerprint density at radius 3 is 3.06 bits per heavy atom. The molecule has 3 rings (SSSR count). The van der Waals surface area contributed by atoms with Crippen LogP contribution in [0, 0.1) is 11.8 Å². The zero-order chi connectivity index (χ0) is 11.3. The third kappa shape index (κ3) is 1.17. The highest BCUT2D eigenvalue weighted by Crippen LogP contribution is 2.50. The standard InChI is InChI=1S/C13H16O3/c1-7-3-2-4-8-5-9-10(6-14)13(15)16-12(9)11(7)8/h6-7,9,12,14H,2-5H2,1H3/b10-6+/t7-,9+,12-/m0/s1. The maximum Gasteiger partial charge on any atom is 0.338 e. The first kappa shape index (κ1) is 9.94. The number of allylic oxidation sites excluding steroid dienone is 1. The summed E-state index contributed by atoms with van der Waals surface area (Å²) in [7, 11) is 0. The molecule has 3 nitrogen and oxygen atoms in total. The molecule has 0 bridgehead atoms. The topological polar surface area (TPSA) is 46.5 Å². The van der Waals surface area contributed by atoms with Crippen molar-refractivity contribution in [2.75, 3.05) is 0 Å². The summed E-state index contributed by atoms with van der Waals surface area (Å²) in [6.45, 7) is 2.21. The molecule has 3 aliphatic rings. The van der Waals surface area contributed by atoms with Gasteiger partial charge in [-0.3, -0.25) is 0 Å². The van der Waals surface area contributed by atoms with E-state index in [-0.39, 0.29) is 18.0 Å². The lowest BCUT2D eigenvalue weighted by Crippen LogP contribution is -2.19. The fraction of sp³-hybridized carbons (Fsp3) is 0.615. The molecule has 0 amide bonds. The van der Waals surface area contributed by atoms with E-state index in [1.54, 1.807) is 0 Å². The van der Waals surface area contributed by atoms with Crippen molar-refractivity contribution in [1.29, 1.82) is 0 Å². The summed E-state index contributed by atoms with van der Waals surface area (Å²) in [6, 6.07) is 0. The molecule has 0 unspecified atom stereocenters. The van der Waals surface area contributed by atoms with Crippen LogP contribution in [0.5, 0.6) is 0 Å². The summed E-state index contributed by atoms with van der Waals surface area (Å²) >= 11 is 0. The maximum absolute atomic E-state index is 11.5. The Morgan fingerprint density at radius 2 is 2.31 bits per heavy atom. The van der Waals surface area contributed by atoms with Gasteiger partial charge in [-0.1, -0.05) is 12.5 Å². The van der Waals surface area contributed by atoms with Gasteiger partial charge in [-0.15, -0.1) is 0 Å². The minimum Gasteiger partial charge on any atom is -0.515 e. The zero-order valence-electron chi connectivity index (χ0n) is 9.40. The number of rotatable bonds is 0. The van der Waals surface area contributed by atoms with Crippen LogP contribution in [0.25, 0.3) is 0 Å². The minimum absolute atomic E-state index is 0.0730. The van der Waals surface area contributed by atoms with Crippen molar-refractivity contribution < 1.29 is 14.6 Å². The molecule has 0 radical (unpaired) electrons. The van der Waals surface area contributed by atoms with Crippen LogP contribution in [0.4, 0.5) is 0 Å². The summed E-state index contributed by atoms with van der Waals surface area (Å²) < 4.78 is 5.40. The molecule has 16 heavy (non-hydrogen) atoms. The van der Waals surface area contributed by atoms with E-state index < -0.39 is 0 Å². The van der Waals surface area contributed by atoms with E-state index in [0.29, 0.717) is 11.5 Å². The van der Waals surface area contributed by atoms with Crippen molar-refractivity contribution in [2.45, 2.75) is 38.7 Å². The van der Waals surface area contributed by atoms with E-state index in [1.807, 2.05) is 0 Å². The molecule has 1 saturated heterocycles. The van der Waals surface area contributed by atoms with E-state index in [4.69, 9.17) is 9.84 Å². The second-order valence-corrected chi connectivity index (χ2v) is 5.07. The fourth-order valence-electron chi connectivity index (χ4n) is 3.46. The molecule has 0 aromatic rings. The number of esters is 1. The predicted octanol–water partition coefficient (Wildman–Crippen LogP) is 2.49. The number of carbonyl (C=O) groups excluding carboxylic acids is 1. The lowest BCUT2D eigenvalue weighted by molar-refractivity contribution is -0.138. The summed E-state index contributed by atoms with van der Waals surface area (Å²) in [5, 5.41) is 9.10. The molecule has 0 aromatic heterocycles. The van der Waals surface area contributed by atoms with Gasteiger partial charge < -0.3 is 9.84 Å². The Bertz CT molecular complexity index is 405. The average molecular weight is 220 g/mol. The quantitative estimate of drug-likeness (QED) is 0.295. The molecule has 2 aliphatic carbocycles. The average Bonchev–Trinajstić information content (AvgIpc) is 2.72. The number of aliphatic hydroxyl groups excluding tert-OH is 1. The molecule has 0 spiro atoms. The van der Waals surface area contributed by atoms with Gasteiger partial charge in [-0.05, 0) is 37.2 Å². The van der Waals surface area contributed by atoms with Crippen LogP contribution in [0.2, 0.25) is 0 Å². The Morgan fingerprint density at radius 1 is 1.50 bits per heavy atom.